The van der Waals surface area contributed by atoms with Gasteiger partial charge in [0.05, 0.1) is 17.0 Å². The second-order valence-electron chi connectivity index (χ2n) is 4.53. The number of hydrogen-bond acceptors (Lipinski definition) is 2. The van der Waals surface area contributed by atoms with Crippen LogP contribution in [0.25, 0.3) is 0 Å². The van der Waals surface area contributed by atoms with E-state index in [1.165, 1.54) is 0 Å². The lowest BCUT2D eigenvalue weighted by atomic mass is 10.1. The van der Waals surface area contributed by atoms with Crippen LogP contribution in [-0.2, 0) is 11.2 Å². The quantitative estimate of drug-likeness (QED) is 0.891. The fourth-order valence-corrected chi connectivity index (χ4v) is 2.37. The van der Waals surface area contributed by atoms with Crippen LogP contribution in [-0.4, -0.2) is 11.8 Å². The Morgan fingerprint density at radius 3 is 2.80 bits per heavy atom. The van der Waals surface area contributed by atoms with Crippen molar-refractivity contribution < 1.29 is 9.59 Å². The Bertz CT molecular complexity index is 713. The Hall–Kier alpha value is -2.33. The van der Waals surface area contributed by atoms with E-state index in [2.05, 4.69) is 10.6 Å². The maximum absolute atomic E-state index is 12.1. The second kappa shape index (κ2) is 4.98. The van der Waals surface area contributed by atoms with Gasteiger partial charge in [-0.3, -0.25) is 9.59 Å². The van der Waals surface area contributed by atoms with Crippen LogP contribution in [0.2, 0.25) is 5.02 Å². The van der Waals surface area contributed by atoms with Crippen molar-refractivity contribution in [1.29, 1.82) is 0 Å². The van der Waals surface area contributed by atoms with Crippen molar-refractivity contribution in [3.05, 3.63) is 58.6 Å². The minimum atomic E-state index is -0.271. The summed E-state index contributed by atoms with van der Waals surface area (Å²) in [6.45, 7) is 0. The van der Waals surface area contributed by atoms with E-state index in [9.17, 15) is 9.59 Å². The maximum Gasteiger partial charge on any atom is 0.257 e. The van der Waals surface area contributed by atoms with Crippen LogP contribution in [0, 0.1) is 0 Å². The molecule has 0 saturated heterocycles. The molecule has 0 atom stereocenters. The van der Waals surface area contributed by atoms with Crippen molar-refractivity contribution >= 4 is 34.8 Å². The Morgan fingerprint density at radius 2 is 2.00 bits per heavy atom. The van der Waals surface area contributed by atoms with E-state index in [-0.39, 0.29) is 11.8 Å². The SMILES string of the molecule is O=C1Cc2cc(NC(=O)c3ccccc3Cl)ccc2N1. The molecule has 0 radical (unpaired) electrons. The molecule has 2 N–H and O–H groups in total. The first-order chi connectivity index (χ1) is 9.63. The van der Waals surface area contributed by atoms with Crippen LogP contribution < -0.4 is 10.6 Å². The van der Waals surface area contributed by atoms with Crippen LogP contribution in [0.3, 0.4) is 0 Å². The van der Waals surface area contributed by atoms with Crippen molar-refractivity contribution in [1.82, 2.24) is 0 Å². The third-order valence-corrected chi connectivity index (χ3v) is 3.44. The van der Waals surface area contributed by atoms with E-state index < -0.39 is 0 Å². The van der Waals surface area contributed by atoms with Gasteiger partial charge in [-0.25, -0.2) is 0 Å². The highest BCUT2D eigenvalue weighted by Gasteiger charge is 2.18. The van der Waals surface area contributed by atoms with Gasteiger partial charge in [-0.1, -0.05) is 23.7 Å². The topological polar surface area (TPSA) is 58.2 Å². The molecule has 2 aromatic rings. The number of nitrogens with one attached hydrogen (secondary N) is 2. The molecule has 100 valence electrons. The zero-order valence-electron chi connectivity index (χ0n) is 10.4. The molecule has 0 unspecified atom stereocenters. The van der Waals surface area contributed by atoms with E-state index in [1.54, 1.807) is 42.5 Å². The molecule has 2 amide bonds. The second-order valence-corrected chi connectivity index (χ2v) is 4.94. The average molecular weight is 287 g/mol. The summed E-state index contributed by atoms with van der Waals surface area (Å²) in [4.78, 5) is 23.4. The minimum Gasteiger partial charge on any atom is -0.326 e. The number of benzene rings is 2. The molecular weight excluding hydrogens is 276 g/mol. The van der Waals surface area contributed by atoms with Gasteiger partial charge in [-0.2, -0.15) is 0 Å². The third kappa shape index (κ3) is 2.38. The summed E-state index contributed by atoms with van der Waals surface area (Å²) in [5, 5.41) is 5.93. The summed E-state index contributed by atoms with van der Waals surface area (Å²) in [6.07, 6.45) is 0.338. The monoisotopic (exact) mass is 286 g/mol. The first-order valence-corrected chi connectivity index (χ1v) is 6.50. The molecule has 1 aliphatic heterocycles. The van der Waals surface area contributed by atoms with E-state index in [1.807, 2.05) is 0 Å². The number of carbonyl (C=O) groups is 2. The smallest absolute Gasteiger partial charge is 0.257 e. The molecule has 20 heavy (non-hydrogen) atoms. The number of carbonyl (C=O) groups excluding carboxylic acids is 2. The molecule has 5 heteroatoms. The molecule has 0 fully saturated rings. The van der Waals surface area contributed by atoms with Gasteiger partial charge in [0.2, 0.25) is 5.91 Å². The molecule has 1 heterocycles. The average Bonchev–Trinajstić information content (AvgIpc) is 2.78. The summed E-state index contributed by atoms with van der Waals surface area (Å²) in [7, 11) is 0. The lowest BCUT2D eigenvalue weighted by Crippen LogP contribution is -2.12. The van der Waals surface area contributed by atoms with Gasteiger partial charge in [-0.05, 0) is 35.9 Å². The van der Waals surface area contributed by atoms with Gasteiger partial charge in [0, 0.05) is 11.4 Å². The Kier molecular flexibility index (Phi) is 3.16. The van der Waals surface area contributed by atoms with Gasteiger partial charge >= 0.3 is 0 Å². The van der Waals surface area contributed by atoms with Crippen molar-refractivity contribution in [2.45, 2.75) is 6.42 Å². The predicted octanol–water partition coefficient (Wildman–Crippen LogP) is 3.09. The van der Waals surface area contributed by atoms with E-state index >= 15 is 0 Å². The van der Waals surface area contributed by atoms with Gasteiger partial charge in [0.25, 0.3) is 5.91 Å². The lowest BCUT2D eigenvalue weighted by Gasteiger charge is -2.08. The molecule has 3 rings (SSSR count). The Balaban J connectivity index is 1.82. The Labute approximate surface area is 120 Å². The fraction of sp³-hybridized carbons (Fsp3) is 0.0667. The van der Waals surface area contributed by atoms with Crippen LogP contribution >= 0.6 is 11.6 Å². The van der Waals surface area contributed by atoms with Gasteiger partial charge in [0.1, 0.15) is 0 Å². The largest absolute Gasteiger partial charge is 0.326 e. The van der Waals surface area contributed by atoms with Crippen molar-refractivity contribution in [3.63, 3.8) is 0 Å². The highest BCUT2D eigenvalue weighted by atomic mass is 35.5. The molecule has 1 aliphatic rings. The van der Waals surface area contributed by atoms with Crippen molar-refractivity contribution in [2.24, 2.45) is 0 Å². The summed E-state index contributed by atoms with van der Waals surface area (Å²) in [5.74, 6) is -0.303. The standard InChI is InChI=1S/C15H11ClN2O2/c16-12-4-2-1-3-11(12)15(20)17-10-5-6-13-9(7-10)8-14(19)18-13/h1-7H,8H2,(H,17,20)(H,18,19). The van der Waals surface area contributed by atoms with E-state index in [4.69, 9.17) is 11.6 Å². The molecule has 2 aromatic carbocycles. The number of hydrogen-bond donors (Lipinski definition) is 2. The minimum absolute atomic E-state index is 0.0328. The highest BCUT2D eigenvalue weighted by molar-refractivity contribution is 6.34. The van der Waals surface area contributed by atoms with Crippen molar-refractivity contribution in [3.8, 4) is 0 Å². The zero-order chi connectivity index (χ0) is 14.1. The van der Waals surface area contributed by atoms with E-state index in [0.717, 1.165) is 11.3 Å². The lowest BCUT2D eigenvalue weighted by molar-refractivity contribution is -0.115. The predicted molar refractivity (Wildman–Crippen MR) is 78.2 cm³/mol. The van der Waals surface area contributed by atoms with E-state index in [0.29, 0.717) is 22.7 Å². The first kappa shape index (κ1) is 12.7. The summed E-state index contributed by atoms with van der Waals surface area (Å²) in [6, 6.07) is 12.2. The van der Waals surface area contributed by atoms with Gasteiger partial charge in [-0.15, -0.1) is 0 Å². The normalized spacial score (nSPS) is 12.8. The van der Waals surface area contributed by atoms with Crippen LogP contribution in [0.15, 0.2) is 42.5 Å². The summed E-state index contributed by atoms with van der Waals surface area (Å²) in [5.41, 5.74) is 2.74. The number of anilines is 2. The number of amides is 2. The fourth-order valence-electron chi connectivity index (χ4n) is 2.15. The van der Waals surface area contributed by atoms with Crippen LogP contribution in [0.4, 0.5) is 11.4 Å². The zero-order valence-corrected chi connectivity index (χ0v) is 11.2. The molecular formula is C15H11ClN2O2. The molecule has 0 aliphatic carbocycles. The molecule has 0 bridgehead atoms. The summed E-state index contributed by atoms with van der Waals surface area (Å²) < 4.78 is 0. The van der Waals surface area contributed by atoms with Crippen molar-refractivity contribution in [2.75, 3.05) is 10.6 Å². The molecule has 0 saturated carbocycles. The van der Waals surface area contributed by atoms with Gasteiger partial charge < -0.3 is 10.6 Å². The number of halogens is 1. The van der Waals surface area contributed by atoms with Crippen LogP contribution in [0.5, 0.6) is 0 Å². The molecule has 4 nitrogen and oxygen atoms in total. The third-order valence-electron chi connectivity index (χ3n) is 3.11. The number of fused-ring (bicyclic) bond motifs is 1. The maximum atomic E-state index is 12.1. The first-order valence-electron chi connectivity index (χ1n) is 6.12. The number of rotatable bonds is 2. The molecule has 0 spiro atoms. The molecule has 0 aromatic heterocycles. The van der Waals surface area contributed by atoms with Gasteiger partial charge in [0.15, 0.2) is 0 Å². The van der Waals surface area contributed by atoms with Crippen LogP contribution in [0.1, 0.15) is 15.9 Å². The summed E-state index contributed by atoms with van der Waals surface area (Å²) >= 11 is 5.98. The highest BCUT2D eigenvalue weighted by Crippen LogP contribution is 2.26. The Morgan fingerprint density at radius 1 is 1.20 bits per heavy atom.